The molecule has 15 nitrogen and oxygen atoms in total. The predicted octanol–water partition coefficient (Wildman–Crippen LogP) is 8.52. The van der Waals surface area contributed by atoms with E-state index >= 15 is 0 Å². The van der Waals surface area contributed by atoms with Crippen molar-refractivity contribution in [1.29, 1.82) is 5.26 Å². The van der Waals surface area contributed by atoms with Crippen molar-refractivity contribution in [2.45, 2.75) is 156 Å². The van der Waals surface area contributed by atoms with E-state index in [4.69, 9.17) is 16.3 Å². The number of nitrogens with zero attached hydrogens (tertiary/aromatic N) is 6. The maximum absolute atomic E-state index is 14.3. The number of likely N-dealkylation sites (tertiary alicyclic amines) is 1. The molecule has 2 unspecified atom stereocenters. The van der Waals surface area contributed by atoms with Crippen molar-refractivity contribution in [3.05, 3.63) is 99.4 Å². The summed E-state index contributed by atoms with van der Waals surface area (Å²) in [4.78, 5) is 71.8. The minimum Gasteiger partial charge on any atom is -0.489 e. The van der Waals surface area contributed by atoms with Crippen LogP contribution in [0.1, 0.15) is 139 Å². The highest BCUT2D eigenvalue weighted by Gasteiger charge is 2.64. The third-order valence-electron chi connectivity index (χ3n) is 15.8. The van der Waals surface area contributed by atoms with E-state index in [1.165, 1.54) is 4.90 Å². The lowest BCUT2D eigenvalue weighted by molar-refractivity contribution is -0.164. The number of unbranched alkanes of at least 4 members (excludes halogenated alkanes) is 1. The number of hydrogen-bond donors (Lipinski definition) is 4. The fourth-order valence-corrected chi connectivity index (χ4v) is 12.7. The van der Waals surface area contributed by atoms with Gasteiger partial charge >= 0.3 is 0 Å². The molecule has 0 spiro atoms. The average molecular weight is 1060 g/mol. The molecule has 3 aliphatic rings. The molecule has 2 aromatic heterocycles. The summed E-state index contributed by atoms with van der Waals surface area (Å²) in [5.74, 6) is -0.576. The number of β-amino-alcohol motifs (C(OH)–C–C–N with tert-alkyl or cyclic N) is 1. The van der Waals surface area contributed by atoms with Crippen LogP contribution in [-0.4, -0.2) is 130 Å². The summed E-state index contributed by atoms with van der Waals surface area (Å²) in [6.07, 6.45) is 6.32. The largest absolute Gasteiger partial charge is 0.489 e. The molecule has 2 aliphatic heterocycles. The number of amides is 4. The molecular weight excluding hydrogens is 986 g/mol. The first-order valence-electron chi connectivity index (χ1n) is 26.6. The molecular formula is C58H78ClN9O6S. The average Bonchev–Trinajstić information content (AvgIpc) is 3.99. The molecule has 75 heavy (non-hydrogen) atoms. The van der Waals surface area contributed by atoms with Gasteiger partial charge in [-0.2, -0.15) is 5.26 Å². The van der Waals surface area contributed by atoms with Crippen LogP contribution in [0, 0.1) is 34.5 Å². The van der Waals surface area contributed by atoms with Gasteiger partial charge in [0.05, 0.1) is 38.8 Å². The minimum absolute atomic E-state index is 0.0131. The number of pyridine rings is 1. The minimum atomic E-state index is -0.889. The van der Waals surface area contributed by atoms with Crippen LogP contribution in [0.4, 0.5) is 0 Å². The van der Waals surface area contributed by atoms with Crippen molar-refractivity contribution in [2.24, 2.45) is 16.2 Å². The number of aromatic nitrogens is 2. The van der Waals surface area contributed by atoms with E-state index in [2.05, 4.69) is 76.5 Å². The van der Waals surface area contributed by atoms with Gasteiger partial charge in [-0.1, -0.05) is 96.8 Å². The van der Waals surface area contributed by atoms with Crippen LogP contribution in [0.5, 0.6) is 5.75 Å². The number of piperazine rings is 1. The van der Waals surface area contributed by atoms with Gasteiger partial charge in [0, 0.05) is 80.7 Å². The van der Waals surface area contributed by atoms with E-state index in [1.807, 2.05) is 70.5 Å². The number of aryl methyl sites for hydroxylation is 2. The first-order chi connectivity index (χ1) is 35.5. The molecule has 7 rings (SSSR count). The molecule has 2 saturated heterocycles. The summed E-state index contributed by atoms with van der Waals surface area (Å²) >= 11 is 7.86. The fraction of sp³-hybridized carbons (Fsp3) is 0.569. The zero-order valence-electron chi connectivity index (χ0n) is 45.5. The summed E-state index contributed by atoms with van der Waals surface area (Å²) in [5.41, 5.74) is 5.13. The van der Waals surface area contributed by atoms with E-state index < -0.39 is 34.4 Å². The molecule has 2 aromatic carbocycles. The molecule has 17 heteroatoms. The first kappa shape index (κ1) is 57.3. The smallest absolute Gasteiger partial charge is 0.270 e. The van der Waals surface area contributed by atoms with Crippen molar-refractivity contribution in [3.63, 3.8) is 0 Å². The second-order valence-electron chi connectivity index (χ2n) is 23.4. The topological polar surface area (TPSA) is 193 Å². The zero-order chi connectivity index (χ0) is 54.4. The number of likely N-dealkylation sites (N-methyl/N-ethyl adjacent to an activating group) is 1. The maximum atomic E-state index is 14.3. The van der Waals surface area contributed by atoms with E-state index in [0.29, 0.717) is 34.5 Å². The SMILES string of the molecule is Cc1ncsc1-c1ccc([C@H](C)NC(=O)[C@@H]2C[C@@H](O)CN2C(=O)C(NC(=O)CCCCC(CCCc2ccc(C(=O)NC3C(C)(C)C(Oc4ccc(C#N)c(Cl)c4)C3(C)C)nc2)N2CCN(C)CC2)C(C)(C)C)cc1. The molecule has 1 saturated carbocycles. The van der Waals surface area contributed by atoms with Gasteiger partial charge in [0.15, 0.2) is 0 Å². The van der Waals surface area contributed by atoms with Gasteiger partial charge in [0.2, 0.25) is 17.7 Å². The van der Waals surface area contributed by atoms with Crippen molar-refractivity contribution < 1.29 is 29.0 Å². The molecule has 4 heterocycles. The van der Waals surface area contributed by atoms with Crippen LogP contribution in [0.15, 0.2) is 66.3 Å². The van der Waals surface area contributed by atoms with Crippen molar-refractivity contribution in [1.82, 2.24) is 40.6 Å². The lowest BCUT2D eigenvalue weighted by Gasteiger charge is -2.63. The molecule has 3 fully saturated rings. The van der Waals surface area contributed by atoms with Crippen molar-refractivity contribution >= 4 is 46.6 Å². The number of nitrogens with one attached hydrogen (secondary N) is 3. The Morgan fingerprint density at radius 2 is 1.64 bits per heavy atom. The Bertz CT molecular complexity index is 2660. The molecule has 0 bridgehead atoms. The Morgan fingerprint density at radius 1 is 0.947 bits per heavy atom. The number of aliphatic hydroxyl groups excluding tert-OH is 1. The Hall–Kier alpha value is -5.44. The number of carbonyl (C=O) groups is 4. The predicted molar refractivity (Wildman–Crippen MR) is 294 cm³/mol. The Labute approximate surface area is 453 Å². The quantitative estimate of drug-likeness (QED) is 0.0621. The molecule has 4 N–H and O–H groups in total. The third kappa shape index (κ3) is 13.8. The van der Waals surface area contributed by atoms with Gasteiger partial charge in [-0.25, -0.2) is 4.98 Å². The van der Waals surface area contributed by atoms with Crippen LogP contribution >= 0.6 is 22.9 Å². The molecule has 4 amide bonds. The lowest BCUT2D eigenvalue weighted by atomic mass is 9.49. The van der Waals surface area contributed by atoms with Gasteiger partial charge in [-0.05, 0) is 93.3 Å². The summed E-state index contributed by atoms with van der Waals surface area (Å²) in [5, 5.41) is 29.7. The van der Waals surface area contributed by atoms with Gasteiger partial charge in [0.1, 0.15) is 35.7 Å². The molecule has 404 valence electrons. The number of halogens is 1. The summed E-state index contributed by atoms with van der Waals surface area (Å²) < 4.78 is 6.40. The standard InChI is InChI=1S/C58H78ClN9O6S/c1-36(39-19-21-40(22-20-39)49-37(2)62-35-75-49)63-52(72)47-30-43(69)34-68(47)53(73)50(56(3,4)5)64-48(70)17-12-11-15-42(67-28-26-66(10)27-29-67)16-13-14-38-18-25-46(61-33-38)51(71)65-54-57(6,7)55(58(54,8)9)74-44-24-23-41(32-60)45(59)31-44/h18-25,31,33,35-36,42-43,47,50,54-55,69H,11-17,26-30,34H2,1-10H3,(H,63,72)(H,64,70)(H,65,71)/t36-,42?,43+,47-,50?,54?,55?/m0/s1. The second-order valence-corrected chi connectivity index (χ2v) is 24.6. The molecule has 5 atom stereocenters. The number of rotatable bonds is 20. The van der Waals surface area contributed by atoms with Crippen LogP contribution < -0.4 is 20.7 Å². The number of aliphatic hydroxyl groups is 1. The van der Waals surface area contributed by atoms with Crippen LogP contribution in [0.2, 0.25) is 5.02 Å². The highest BCUT2D eigenvalue weighted by atomic mass is 35.5. The van der Waals surface area contributed by atoms with Crippen molar-refractivity contribution in [3.8, 4) is 22.3 Å². The Kier molecular flexibility index (Phi) is 18.5. The van der Waals surface area contributed by atoms with Crippen LogP contribution in [0.3, 0.4) is 0 Å². The first-order valence-corrected chi connectivity index (χ1v) is 27.9. The number of benzene rings is 2. The van der Waals surface area contributed by atoms with Gasteiger partial charge in [-0.15, -0.1) is 11.3 Å². The number of ether oxygens (including phenoxy) is 1. The summed E-state index contributed by atoms with van der Waals surface area (Å²) in [6, 6.07) is 17.0. The lowest BCUT2D eigenvalue weighted by Crippen LogP contribution is -2.74. The van der Waals surface area contributed by atoms with Gasteiger partial charge in [0.25, 0.3) is 5.91 Å². The van der Waals surface area contributed by atoms with E-state index in [1.54, 1.807) is 41.8 Å². The second kappa shape index (κ2) is 24.3. The van der Waals surface area contributed by atoms with Gasteiger partial charge < -0.3 is 35.6 Å². The highest BCUT2D eigenvalue weighted by molar-refractivity contribution is 7.13. The monoisotopic (exact) mass is 1060 g/mol. The molecule has 0 radical (unpaired) electrons. The number of nitriles is 1. The molecule has 4 aromatic rings. The third-order valence-corrected chi connectivity index (χ3v) is 17.1. The van der Waals surface area contributed by atoms with E-state index in [0.717, 1.165) is 85.5 Å². The normalized spacial score (nSPS) is 21.8. The fourth-order valence-electron chi connectivity index (χ4n) is 11.7. The van der Waals surface area contributed by atoms with E-state index in [9.17, 15) is 29.5 Å². The van der Waals surface area contributed by atoms with Gasteiger partial charge in [-0.3, -0.25) is 29.1 Å². The molecule has 1 aliphatic carbocycles. The van der Waals surface area contributed by atoms with Crippen LogP contribution in [-0.2, 0) is 20.8 Å². The van der Waals surface area contributed by atoms with Crippen molar-refractivity contribution in [2.75, 3.05) is 39.8 Å². The Balaban J connectivity index is 0.879. The number of hydrogen-bond acceptors (Lipinski definition) is 12. The maximum Gasteiger partial charge on any atom is 0.270 e. The zero-order valence-corrected chi connectivity index (χ0v) is 47.1. The number of carbonyl (C=O) groups excluding carboxylic acids is 4. The number of thiazole rings is 1. The Morgan fingerprint density at radius 3 is 2.25 bits per heavy atom. The summed E-state index contributed by atoms with van der Waals surface area (Å²) in [6.45, 7) is 21.9. The van der Waals surface area contributed by atoms with E-state index in [-0.39, 0.29) is 61.2 Å². The summed E-state index contributed by atoms with van der Waals surface area (Å²) in [7, 11) is 2.15. The highest BCUT2D eigenvalue weighted by Crippen LogP contribution is 2.55. The van der Waals surface area contributed by atoms with Crippen LogP contribution in [0.25, 0.3) is 10.4 Å².